The van der Waals surface area contributed by atoms with Gasteiger partial charge in [-0.05, 0) is 42.8 Å². The lowest BCUT2D eigenvalue weighted by molar-refractivity contribution is -0.0615. The van der Waals surface area contributed by atoms with Gasteiger partial charge in [-0.15, -0.1) is 5.10 Å². The first-order valence-corrected chi connectivity index (χ1v) is 10.1. The van der Waals surface area contributed by atoms with Crippen molar-refractivity contribution in [2.45, 2.75) is 19.6 Å². The number of carbonyl (C=O) groups is 2. The molecule has 0 unspecified atom stereocenters. The monoisotopic (exact) mass is 521 g/mol. The number of nitrogens with two attached hydrogens (primary N) is 3. The lowest BCUT2D eigenvalue weighted by Gasteiger charge is -2.13. The van der Waals surface area contributed by atoms with E-state index in [4.69, 9.17) is 34.2 Å². The van der Waals surface area contributed by atoms with Crippen LogP contribution in [0.25, 0.3) is 5.82 Å². The molecule has 15 heteroatoms. The van der Waals surface area contributed by atoms with E-state index in [-0.39, 0.29) is 28.8 Å². The van der Waals surface area contributed by atoms with Gasteiger partial charge < -0.3 is 11.5 Å². The van der Waals surface area contributed by atoms with Gasteiger partial charge in [-0.25, -0.2) is 20.6 Å². The van der Waals surface area contributed by atoms with Gasteiger partial charge >= 0.3 is 6.18 Å². The highest BCUT2D eigenvalue weighted by atomic mass is 35.5. The van der Waals surface area contributed by atoms with Crippen molar-refractivity contribution in [2.24, 2.45) is 16.7 Å². The number of hydrogen-bond acceptors (Lipinski definition) is 9. The number of hydrogen-bond donors (Lipinski definition) is 3. The second-order valence-electron chi connectivity index (χ2n) is 7.01. The second kappa shape index (κ2) is 11.8. The molecule has 0 spiro atoms. The molecule has 2 heterocycles. The number of alkyl halides is 3. The van der Waals surface area contributed by atoms with Crippen LogP contribution in [0.4, 0.5) is 18.9 Å². The number of carbonyl (C=O) groups excluding carboxylic acids is 2. The Hall–Kier alpha value is -4.48. The number of nitrogens with zero attached hydrogens (tertiary/aromatic N) is 6. The van der Waals surface area contributed by atoms with Crippen molar-refractivity contribution in [3.05, 3.63) is 69.6 Å². The normalized spacial score (nSPS) is 11.2. The summed E-state index contributed by atoms with van der Waals surface area (Å²) in [7, 11) is 0. The summed E-state index contributed by atoms with van der Waals surface area (Å²) < 4.78 is 38.1. The highest BCUT2D eigenvalue weighted by Crippen LogP contribution is 2.20. The number of aryl methyl sites for hydroxylation is 1. The Kier molecular flexibility index (Phi) is 9.08. The molecule has 0 aliphatic carbocycles. The average Bonchev–Trinajstić information content (AvgIpc) is 3.23. The molecule has 6 N–H and O–H groups in total. The van der Waals surface area contributed by atoms with E-state index in [9.17, 15) is 22.8 Å². The van der Waals surface area contributed by atoms with Crippen molar-refractivity contribution in [3.8, 4) is 11.9 Å². The number of benzene rings is 1. The molecular weight excluding hydrogens is 503 g/mol. The SMILES string of the molecule is Cc1cc(C#N)cc(C=O)c1N.N/C(=N\N(N)Cc1cc(C=O)n(-c2ncccc2Cl)n1)C(F)(F)F. The molecular formula is C21H19ClF3N9O2. The smallest absolute Gasteiger partial charge is 0.398 e. The standard InChI is InChI=1S/C12H11ClF3N7O.C9H8N2O/c13-9-2-1-3-19-10(9)23-8(6-24)4-7(20-23)5-22(18)21-11(17)12(14,15)16;1-6-2-7(4-10)3-8(5-12)9(6)11/h1-4,6H,5,18H2,(H2,17,21);2-3,5H,11H2,1H3. The number of rotatable bonds is 6. The molecule has 0 saturated carbocycles. The number of nitriles is 1. The predicted octanol–water partition coefficient (Wildman–Crippen LogP) is 2.50. The first-order valence-electron chi connectivity index (χ1n) is 9.75. The van der Waals surface area contributed by atoms with Crippen molar-refractivity contribution in [1.29, 1.82) is 5.26 Å². The molecule has 0 atom stereocenters. The molecule has 36 heavy (non-hydrogen) atoms. The highest BCUT2D eigenvalue weighted by Gasteiger charge is 2.34. The fourth-order valence-electron chi connectivity index (χ4n) is 2.70. The van der Waals surface area contributed by atoms with E-state index in [0.717, 1.165) is 10.2 Å². The fourth-order valence-corrected chi connectivity index (χ4v) is 2.90. The first kappa shape index (κ1) is 27.8. The molecule has 2 aromatic heterocycles. The average molecular weight is 522 g/mol. The van der Waals surface area contributed by atoms with Crippen LogP contribution in [0.1, 0.15) is 37.7 Å². The van der Waals surface area contributed by atoms with E-state index in [1.165, 1.54) is 18.3 Å². The van der Waals surface area contributed by atoms with Crippen LogP contribution >= 0.6 is 11.6 Å². The van der Waals surface area contributed by atoms with Crippen molar-refractivity contribution in [1.82, 2.24) is 19.9 Å². The van der Waals surface area contributed by atoms with Crippen LogP contribution in [0, 0.1) is 18.3 Å². The number of aldehydes is 2. The largest absolute Gasteiger partial charge is 0.450 e. The molecule has 0 radical (unpaired) electrons. The van der Waals surface area contributed by atoms with Crippen LogP contribution in [0.15, 0.2) is 41.6 Å². The Balaban J connectivity index is 0.000000319. The molecule has 1 aromatic carbocycles. The molecule has 11 nitrogen and oxygen atoms in total. The van der Waals surface area contributed by atoms with Gasteiger partial charge in [0.15, 0.2) is 18.4 Å². The fraction of sp³-hybridized carbons (Fsp3) is 0.143. The third kappa shape index (κ3) is 7.01. The van der Waals surface area contributed by atoms with Crippen molar-refractivity contribution in [3.63, 3.8) is 0 Å². The van der Waals surface area contributed by atoms with E-state index in [2.05, 4.69) is 15.2 Å². The third-order valence-electron chi connectivity index (χ3n) is 4.37. The Morgan fingerprint density at radius 3 is 2.56 bits per heavy atom. The van der Waals surface area contributed by atoms with Gasteiger partial charge in [0.2, 0.25) is 5.84 Å². The summed E-state index contributed by atoms with van der Waals surface area (Å²) in [6.45, 7) is 1.44. The Morgan fingerprint density at radius 2 is 2.00 bits per heavy atom. The Labute approximate surface area is 207 Å². The summed E-state index contributed by atoms with van der Waals surface area (Å²) in [5.41, 5.74) is 12.7. The number of nitrogen functional groups attached to an aromatic ring is 1. The third-order valence-corrected chi connectivity index (χ3v) is 4.67. The minimum Gasteiger partial charge on any atom is -0.398 e. The van der Waals surface area contributed by atoms with E-state index in [1.807, 2.05) is 6.07 Å². The van der Waals surface area contributed by atoms with Gasteiger partial charge in [0.25, 0.3) is 0 Å². The maximum atomic E-state index is 12.3. The van der Waals surface area contributed by atoms with Crippen molar-refractivity contribution >= 4 is 35.7 Å². The highest BCUT2D eigenvalue weighted by molar-refractivity contribution is 6.32. The summed E-state index contributed by atoms with van der Waals surface area (Å²) >= 11 is 5.98. The van der Waals surface area contributed by atoms with Gasteiger partial charge in [0.1, 0.15) is 5.69 Å². The van der Waals surface area contributed by atoms with E-state index in [1.54, 1.807) is 25.1 Å². The summed E-state index contributed by atoms with van der Waals surface area (Å²) in [5.74, 6) is 3.94. The molecule has 0 bridgehead atoms. The second-order valence-corrected chi connectivity index (χ2v) is 7.41. The number of hydrazone groups is 1. The topological polar surface area (TPSA) is 182 Å². The van der Waals surface area contributed by atoms with Gasteiger partial charge in [0, 0.05) is 17.4 Å². The molecule has 0 amide bonds. The molecule has 3 aromatic rings. The Bertz CT molecular complexity index is 1330. The van der Waals surface area contributed by atoms with E-state index < -0.39 is 12.0 Å². The molecule has 0 aliphatic rings. The molecule has 3 rings (SSSR count). The molecule has 188 valence electrons. The predicted molar refractivity (Wildman–Crippen MR) is 125 cm³/mol. The van der Waals surface area contributed by atoms with Crippen LogP contribution in [-0.4, -0.2) is 44.5 Å². The van der Waals surface area contributed by atoms with Crippen LogP contribution in [0.5, 0.6) is 0 Å². The van der Waals surface area contributed by atoms with Crippen LogP contribution in [0.2, 0.25) is 5.02 Å². The maximum absolute atomic E-state index is 12.3. The lowest BCUT2D eigenvalue weighted by atomic mass is 10.1. The number of pyridine rings is 1. The maximum Gasteiger partial charge on any atom is 0.450 e. The zero-order chi connectivity index (χ0) is 27.0. The quantitative estimate of drug-likeness (QED) is 0.109. The van der Waals surface area contributed by atoms with Crippen LogP contribution in [-0.2, 0) is 6.54 Å². The zero-order valence-corrected chi connectivity index (χ0v) is 19.3. The minimum atomic E-state index is -4.80. The van der Waals surface area contributed by atoms with E-state index >= 15 is 0 Å². The van der Waals surface area contributed by atoms with Gasteiger partial charge in [-0.2, -0.15) is 23.5 Å². The van der Waals surface area contributed by atoms with E-state index in [0.29, 0.717) is 34.5 Å². The number of anilines is 1. The number of amidine groups is 1. The van der Waals surface area contributed by atoms with Crippen LogP contribution < -0.4 is 17.3 Å². The number of hydrazine groups is 1. The Morgan fingerprint density at radius 1 is 1.31 bits per heavy atom. The van der Waals surface area contributed by atoms with Gasteiger partial charge in [-0.3, -0.25) is 9.59 Å². The zero-order valence-electron chi connectivity index (χ0n) is 18.6. The lowest BCUT2D eigenvalue weighted by Crippen LogP contribution is -2.36. The first-order chi connectivity index (χ1) is 16.9. The number of halogens is 4. The van der Waals surface area contributed by atoms with Gasteiger partial charge in [-0.1, -0.05) is 11.6 Å². The van der Waals surface area contributed by atoms with Gasteiger partial charge in [0.05, 0.1) is 28.9 Å². The molecule has 0 saturated heterocycles. The summed E-state index contributed by atoms with van der Waals surface area (Å²) in [6.07, 6.45) is -2.20. The van der Waals surface area contributed by atoms with Crippen LogP contribution in [0.3, 0.4) is 0 Å². The van der Waals surface area contributed by atoms with Crippen molar-refractivity contribution < 1.29 is 22.8 Å². The molecule has 0 aliphatic heterocycles. The number of aromatic nitrogens is 3. The summed E-state index contributed by atoms with van der Waals surface area (Å²) in [6, 6.07) is 9.54. The summed E-state index contributed by atoms with van der Waals surface area (Å²) in [5, 5.41) is 16.3. The molecule has 0 fully saturated rings. The minimum absolute atomic E-state index is 0.0896. The summed E-state index contributed by atoms with van der Waals surface area (Å²) in [4.78, 5) is 25.6. The van der Waals surface area contributed by atoms with Crippen molar-refractivity contribution in [2.75, 3.05) is 5.73 Å².